The summed E-state index contributed by atoms with van der Waals surface area (Å²) >= 11 is 52.5. The number of ether oxygens (including phenoxy) is 3. The lowest BCUT2D eigenvalue weighted by atomic mass is 9.81. The topological polar surface area (TPSA) is 296 Å². The van der Waals surface area contributed by atoms with Gasteiger partial charge in [0.05, 0.1) is 69.5 Å². The first-order valence-electron chi connectivity index (χ1n) is 36.0. The Labute approximate surface area is 832 Å². The van der Waals surface area contributed by atoms with Crippen LogP contribution < -0.4 is 5.46 Å². The summed E-state index contributed by atoms with van der Waals surface area (Å²) in [6.07, 6.45) is 9.80. The number of benzene rings is 5. The number of aldehydes is 1. The van der Waals surface area contributed by atoms with Crippen molar-refractivity contribution < 1.29 is 77.7 Å². The van der Waals surface area contributed by atoms with Crippen LogP contribution in [0.5, 0.6) is 0 Å². The average molecular weight is 2310 g/mol. The lowest BCUT2D eigenvalue weighted by Crippen LogP contribution is -2.29. The molecule has 16 rings (SSSR count). The highest BCUT2D eigenvalue weighted by molar-refractivity contribution is 9.12. The zero-order valence-corrected chi connectivity index (χ0v) is 85.6. The van der Waals surface area contributed by atoms with Crippen molar-refractivity contribution in [2.45, 2.75) is 43.9 Å². The van der Waals surface area contributed by atoms with Crippen LogP contribution in [0.3, 0.4) is 0 Å². The molecule has 4 atom stereocenters. The first kappa shape index (κ1) is 107. The molecule has 4 N–H and O–H groups in total. The average Bonchev–Trinajstić information content (AvgIpc) is 1.62. The van der Waals surface area contributed by atoms with Crippen LogP contribution in [0.4, 0.5) is 0 Å². The fraction of sp³-hybridized carbons (Fsp3) is 0.126. The van der Waals surface area contributed by atoms with Gasteiger partial charge >= 0.3 is 36.4 Å². The number of Topliss-reactive ketones (excluding diaryl/α,β-unsaturated/α-hetero) is 6. The van der Waals surface area contributed by atoms with Crippen molar-refractivity contribution in [3.8, 4) is 10.4 Å². The number of aromatic nitrogens is 2. The first-order valence-corrected chi connectivity index (χ1v) is 52.0. The van der Waals surface area contributed by atoms with E-state index in [1.54, 1.807) is 128 Å². The molecule has 0 amide bonds. The third-order valence-corrected chi connectivity index (χ3v) is 28.4. The van der Waals surface area contributed by atoms with Crippen molar-refractivity contribution in [2.24, 2.45) is 5.92 Å². The van der Waals surface area contributed by atoms with Crippen molar-refractivity contribution in [1.29, 1.82) is 0 Å². The summed E-state index contributed by atoms with van der Waals surface area (Å²) in [6, 6.07) is 60.0. The van der Waals surface area contributed by atoms with E-state index in [0.717, 1.165) is 93.7 Å². The number of esters is 3. The minimum absolute atomic E-state index is 0. The molecule has 0 radical (unpaired) electrons. The Kier molecular flexibility index (Phi) is 45.1. The third kappa shape index (κ3) is 32.3. The maximum absolute atomic E-state index is 12.5. The van der Waals surface area contributed by atoms with Gasteiger partial charge in [-0.15, -0.1) is 68.0 Å². The number of pyridine rings is 2. The number of fused-ring (bicyclic) bond motifs is 3. The number of methoxy groups -OCH3 is 3. The van der Waals surface area contributed by atoms with E-state index >= 15 is 0 Å². The molecule has 8 heterocycles. The number of nitrogens with zero attached hydrogens (tertiary/aromatic N) is 2. The zero-order valence-electron chi connectivity index (χ0n) is 65.6. The standard InChI is InChI=1S/C18H12ClNOS.2C15H10BrClO3S.C13H8BrClOS.C8H7BrO3S.C7H5ClO.C6H5BrOS.C5H6BNO2.Al.3ClH.H2O/c19-13-3-1-11(2-4-13)14-9-16(21)18-15(14)10-17(22-18)12-5-7-20-8-6-12;1-20-15(19)12-11(7-2-4-8(17)5-3-7)9-6-10(16)21-14(9)13(12)18;1-20-15(19)11(8-9-2-4-10(17)5-3-9)14(18)12-6-7-13(16)21-12;14-12-6-10-9(5-11(16)13(10)17-12)7-1-3-8(15)4-2-7;1-12-8(11)4-5(10)6-2-3-7(9)13-6;8-7-3-1-6(5-9)2-4-7;1-4(8)5-2-3-6(7)9-5;8-6(9)5-1-3-7-4-2-5;;;;;/h1-8,10,14H,9H2;2-6,11-12H,1H3;2-8H,1H3;1-4,6,9H,5H2;2-3H,4H2,1H3;1-5H;2-3H,1H3;1-4,8-9H;;3*1H;1H2/q;;;;;;;;+3;;;;/p-3/b;;11-8-;;;;;;;;;;/t;11-,12+;;;;;;;;;;;/m.1.........../s1. The predicted octanol–water partition coefficient (Wildman–Crippen LogP) is 25.7. The summed E-state index contributed by atoms with van der Waals surface area (Å²) in [7, 11) is 17.3. The highest BCUT2D eigenvalue weighted by Gasteiger charge is 2.47. The Morgan fingerprint density at radius 3 is 1.29 bits per heavy atom. The molecule has 18 nitrogen and oxygen atoms in total. The molecule has 0 saturated heterocycles. The highest BCUT2D eigenvalue weighted by atomic mass is 79.9. The number of carbonyl (C=O) groups excluding carboxylic acids is 10. The van der Waals surface area contributed by atoms with E-state index in [1.807, 2.05) is 91.0 Å². The Morgan fingerprint density at radius 1 is 0.484 bits per heavy atom. The molecule has 0 saturated carbocycles. The van der Waals surface area contributed by atoms with E-state index in [0.29, 0.717) is 59.1 Å². The van der Waals surface area contributed by atoms with Crippen LogP contribution >= 0.6 is 236 Å². The maximum Gasteiger partial charge on any atom is 0.643 e. The Bertz CT molecular complexity index is 5930. The van der Waals surface area contributed by atoms with Gasteiger partial charge in [0.2, 0.25) is 5.78 Å². The molecular weight excluding hydrogens is 2240 g/mol. The van der Waals surface area contributed by atoms with Crippen LogP contribution in [0.25, 0.3) is 16.5 Å². The third-order valence-electron chi connectivity index (χ3n) is 17.6. The Morgan fingerprint density at radius 2 is 0.889 bits per heavy atom. The number of hydrogen-bond donors (Lipinski definition) is 2. The number of ketones is 6. The molecule has 0 spiro atoms. The summed E-state index contributed by atoms with van der Waals surface area (Å²) in [6.45, 7) is 1.57. The Balaban J connectivity index is 0.000000200. The van der Waals surface area contributed by atoms with Crippen molar-refractivity contribution in [3.05, 3.63) is 348 Å². The number of hydrogen-bond acceptors (Lipinski definition) is 23. The van der Waals surface area contributed by atoms with E-state index in [9.17, 15) is 47.9 Å². The van der Waals surface area contributed by atoms with E-state index < -0.39 is 42.3 Å². The van der Waals surface area contributed by atoms with Gasteiger partial charge in [0.1, 0.15) is 24.2 Å². The van der Waals surface area contributed by atoms with Gasteiger partial charge in [-0.25, -0.2) is 34.9 Å². The molecule has 39 heteroatoms. The molecule has 8 aromatic heterocycles. The molecule has 0 fully saturated rings. The zero-order chi connectivity index (χ0) is 91.3. The molecule has 0 aliphatic heterocycles. The predicted molar refractivity (Wildman–Crippen MR) is 530 cm³/mol. The van der Waals surface area contributed by atoms with E-state index in [1.165, 1.54) is 96.5 Å². The van der Waals surface area contributed by atoms with Gasteiger partial charge in [-0.3, -0.25) is 53.1 Å². The van der Waals surface area contributed by atoms with Crippen LogP contribution in [0.2, 0.25) is 25.1 Å². The van der Waals surface area contributed by atoms with E-state index in [2.05, 4.69) is 106 Å². The minimum atomic E-state index is -1.72. The molecule has 2 unspecified atom stereocenters. The fourth-order valence-corrected chi connectivity index (χ4v) is 20.8. The smallest absolute Gasteiger partial charge is 0.469 e. The molecule has 126 heavy (non-hydrogen) atoms. The van der Waals surface area contributed by atoms with Gasteiger partial charge in [0.25, 0.3) is 0 Å². The van der Waals surface area contributed by atoms with Gasteiger partial charge in [-0.05, 0) is 282 Å². The van der Waals surface area contributed by atoms with Gasteiger partial charge in [-0.1, -0.05) is 119 Å². The normalized spacial score (nSPS) is 13.9. The van der Waals surface area contributed by atoms with Crippen LogP contribution in [-0.4, -0.2) is 124 Å². The second-order valence-electron chi connectivity index (χ2n) is 25.7. The van der Waals surface area contributed by atoms with Crippen molar-refractivity contribution in [2.75, 3.05) is 21.3 Å². The lowest BCUT2D eigenvalue weighted by Gasteiger charge is -2.17. The van der Waals surface area contributed by atoms with Crippen molar-refractivity contribution in [3.63, 3.8) is 0 Å². The van der Waals surface area contributed by atoms with Gasteiger partial charge in [-0.2, -0.15) is 0 Å². The molecule has 13 aromatic rings. The first-order chi connectivity index (χ1) is 59.6. The van der Waals surface area contributed by atoms with E-state index in [4.69, 9.17) is 108 Å². The van der Waals surface area contributed by atoms with Crippen molar-refractivity contribution in [1.82, 2.24) is 9.97 Å². The van der Waals surface area contributed by atoms with Crippen LogP contribution in [0.1, 0.15) is 151 Å². The minimum Gasteiger partial charge on any atom is -0.469 e. The summed E-state index contributed by atoms with van der Waals surface area (Å²) < 4.78 is 18.5. The largest absolute Gasteiger partial charge is 0.643 e. The molecule has 0 bridgehead atoms. The van der Waals surface area contributed by atoms with Crippen LogP contribution in [-0.2, 0) is 28.6 Å². The molecule has 3 aliphatic rings. The quantitative estimate of drug-likeness (QED) is 0.0141. The molecule has 3 aliphatic carbocycles. The second kappa shape index (κ2) is 53.2. The van der Waals surface area contributed by atoms with Crippen LogP contribution in [0, 0.1) is 5.92 Å². The summed E-state index contributed by atoms with van der Waals surface area (Å²) in [5.41, 5.74) is 9.25. The van der Waals surface area contributed by atoms with Gasteiger partial charge in [0, 0.05) is 90.9 Å². The Hall–Kier alpha value is -6.36. The number of thiophene rings is 6. The lowest BCUT2D eigenvalue weighted by molar-refractivity contribution is -0.144. The second-order valence-corrected chi connectivity index (χ2v) is 47.6. The summed E-state index contributed by atoms with van der Waals surface area (Å²) in [5.74, 6) is -2.60. The molecule has 5 aromatic carbocycles. The summed E-state index contributed by atoms with van der Waals surface area (Å²) in [4.78, 5) is 129. The van der Waals surface area contributed by atoms with Gasteiger partial charge in [0.15, 0.2) is 28.9 Å². The summed E-state index contributed by atoms with van der Waals surface area (Å²) in [5, 5.41) is 20.4. The number of carbonyl (C=O) groups is 10. The number of halogens is 13. The maximum atomic E-state index is 12.5. The van der Waals surface area contributed by atoms with Gasteiger partial charge < -0.3 is 29.7 Å². The fourth-order valence-electron chi connectivity index (χ4n) is 11.8. The van der Waals surface area contributed by atoms with Crippen LogP contribution in [0.15, 0.2) is 249 Å². The molecular formula is C87H65AlBBr5Cl8N2O16S6. The van der Waals surface area contributed by atoms with Crippen molar-refractivity contribution >= 4 is 325 Å². The molecule has 652 valence electrons. The number of rotatable bonds is 15. The monoisotopic (exact) mass is 2300 g/mol. The highest BCUT2D eigenvalue weighted by Crippen LogP contribution is 2.49. The van der Waals surface area contributed by atoms with E-state index in [-0.39, 0.29) is 69.9 Å². The SMILES string of the molecule is CC(=O)c1ccc(Br)s1.COC(=O)/C(=C\c1ccc(Cl)cc1)C(=O)c1ccc(Br)s1.COC(=O)CC(=O)c1ccc(Br)s1.COC(=O)[C@@H]1C(=O)c2sc(Br)cc2[C@H]1c1ccc(Cl)cc1.O.O=C1CC(c2ccc(Cl)cc2)c2cc(-c3ccncc3)sc21.O=C1CC(c2ccc(Cl)cc2)c2cc(Br)sc21.O=Cc1ccc(Cl)cc1.OB(O)c1ccncc1.[Cl][Al]([Cl])[Cl].